The summed E-state index contributed by atoms with van der Waals surface area (Å²) in [6.45, 7) is 5.91. The van der Waals surface area contributed by atoms with Crippen molar-refractivity contribution in [3.8, 4) is 0 Å². The lowest BCUT2D eigenvalue weighted by molar-refractivity contribution is -0.576. The first kappa shape index (κ1) is 21.1. The van der Waals surface area contributed by atoms with E-state index >= 15 is 0 Å². The van der Waals surface area contributed by atoms with Gasteiger partial charge in [0.15, 0.2) is 23.1 Å². The minimum absolute atomic E-state index is 0.0486. The third-order valence-electron chi connectivity index (χ3n) is 4.72. The van der Waals surface area contributed by atoms with Gasteiger partial charge in [-0.1, -0.05) is 30.4 Å². The van der Waals surface area contributed by atoms with Gasteiger partial charge >= 0.3 is 0 Å². The van der Waals surface area contributed by atoms with Crippen molar-refractivity contribution in [3.05, 3.63) is 99.4 Å². The predicted molar refractivity (Wildman–Crippen MR) is 122 cm³/mol. The molecule has 2 aromatic carbocycles. The number of benzene rings is 2. The number of hydrogen-bond acceptors (Lipinski definition) is 4. The molecule has 1 aromatic heterocycles. The number of aromatic nitrogens is 1. The highest BCUT2D eigenvalue weighted by Crippen LogP contribution is 2.24. The molecule has 2 N–H and O–H groups in total. The van der Waals surface area contributed by atoms with Crippen molar-refractivity contribution < 1.29 is 14.6 Å². The Morgan fingerprint density at radius 1 is 1.03 bits per heavy atom. The summed E-state index contributed by atoms with van der Waals surface area (Å²) >= 11 is 5.69. The molecule has 1 heterocycles. The van der Waals surface area contributed by atoms with Gasteiger partial charge in [-0.3, -0.25) is 10.1 Å². The van der Waals surface area contributed by atoms with E-state index in [1.54, 1.807) is 10.8 Å². The van der Waals surface area contributed by atoms with Crippen LogP contribution in [0.25, 0.3) is 11.5 Å². The first-order valence-corrected chi connectivity index (χ1v) is 9.72. The number of thiocarbonyl (C=S) groups is 1. The van der Waals surface area contributed by atoms with Crippen molar-refractivity contribution in [2.75, 3.05) is 5.32 Å². The number of nitro benzene ring substituents is 1. The molecule has 0 atom stereocenters. The number of nitro groups is 1. The fourth-order valence-corrected chi connectivity index (χ4v) is 3.45. The smallest absolute Gasteiger partial charge is 0.288 e. The fraction of sp³-hybridized carbons (Fsp3) is 0.130. The second-order valence-electron chi connectivity index (χ2n) is 7.01. The van der Waals surface area contributed by atoms with Crippen LogP contribution < -0.4 is 9.88 Å². The average Bonchev–Trinajstić information content (AvgIpc) is 2.71. The molecule has 0 saturated carbocycles. The molecule has 0 spiro atoms. The number of rotatable bonds is 5. The Morgan fingerprint density at radius 2 is 1.67 bits per heavy atom. The molecule has 0 saturated heterocycles. The maximum Gasteiger partial charge on any atom is 0.288 e. The molecule has 0 aliphatic carbocycles. The summed E-state index contributed by atoms with van der Waals surface area (Å²) in [6.07, 6.45) is 3.65. The van der Waals surface area contributed by atoms with Crippen LogP contribution in [-0.2, 0) is 0 Å². The van der Waals surface area contributed by atoms with Gasteiger partial charge in [-0.05, 0) is 50.1 Å². The van der Waals surface area contributed by atoms with E-state index in [0.29, 0.717) is 16.2 Å². The normalized spacial score (nSPS) is 11.6. The van der Waals surface area contributed by atoms with E-state index in [2.05, 4.69) is 5.32 Å². The Hall–Kier alpha value is -3.58. The van der Waals surface area contributed by atoms with Crippen molar-refractivity contribution in [2.45, 2.75) is 20.8 Å². The van der Waals surface area contributed by atoms with Gasteiger partial charge < -0.3 is 10.4 Å². The van der Waals surface area contributed by atoms with Gasteiger partial charge in [-0.2, -0.15) is 4.57 Å². The zero-order valence-electron chi connectivity index (χ0n) is 16.9. The van der Waals surface area contributed by atoms with Crippen molar-refractivity contribution >= 4 is 40.0 Å². The Bertz CT molecular complexity index is 1130. The standard InChI is InChI=1S/C23H21N3O3S/c1-15-6-5-13-25(14-15)21(22(27)18-9-11-19(12-10-18)26(28)29)23(30)24-20-16(2)7-4-8-17(20)3/h4-14H,1-3H3,(H-,24,27,30)/p+1. The Kier molecular flexibility index (Phi) is 6.23. The number of non-ortho nitro benzene ring substituents is 1. The molecule has 0 radical (unpaired) electrons. The van der Waals surface area contributed by atoms with E-state index in [1.165, 1.54) is 24.3 Å². The van der Waals surface area contributed by atoms with Gasteiger partial charge in [0.25, 0.3) is 11.4 Å². The van der Waals surface area contributed by atoms with Crippen LogP contribution in [0.15, 0.2) is 67.0 Å². The Morgan fingerprint density at radius 3 is 2.23 bits per heavy atom. The zero-order valence-corrected chi connectivity index (χ0v) is 17.7. The number of aliphatic hydroxyl groups is 1. The lowest BCUT2D eigenvalue weighted by Crippen LogP contribution is -2.39. The van der Waals surface area contributed by atoms with Gasteiger partial charge in [0.1, 0.15) is 0 Å². The quantitative estimate of drug-likeness (QED) is 0.149. The maximum absolute atomic E-state index is 11.1. The molecular weight excluding hydrogens is 398 g/mol. The van der Waals surface area contributed by atoms with Crippen LogP contribution in [0.3, 0.4) is 0 Å². The molecule has 3 rings (SSSR count). The monoisotopic (exact) mass is 420 g/mol. The third-order valence-corrected chi connectivity index (χ3v) is 5.01. The number of nitrogens with zero attached hydrogens (tertiary/aromatic N) is 2. The number of anilines is 1. The minimum Gasteiger partial charge on any atom is -0.502 e. The van der Waals surface area contributed by atoms with Crippen molar-refractivity contribution in [2.24, 2.45) is 0 Å². The van der Waals surface area contributed by atoms with Crippen molar-refractivity contribution in [3.63, 3.8) is 0 Å². The molecule has 3 aromatic rings. The second-order valence-corrected chi connectivity index (χ2v) is 7.42. The van der Waals surface area contributed by atoms with Crippen molar-refractivity contribution in [1.29, 1.82) is 0 Å². The van der Waals surface area contributed by atoms with Crippen LogP contribution in [0.4, 0.5) is 11.4 Å². The molecule has 0 amide bonds. The van der Waals surface area contributed by atoms with E-state index < -0.39 is 4.92 Å². The third kappa shape index (κ3) is 4.52. The molecule has 152 valence electrons. The highest BCUT2D eigenvalue weighted by Gasteiger charge is 2.25. The van der Waals surface area contributed by atoms with E-state index in [0.717, 1.165) is 22.4 Å². The lowest BCUT2D eigenvalue weighted by atomic mass is 10.1. The molecule has 7 heteroatoms. The van der Waals surface area contributed by atoms with Crippen molar-refractivity contribution in [1.82, 2.24) is 0 Å². The summed E-state index contributed by atoms with van der Waals surface area (Å²) in [7, 11) is 0. The second kappa shape index (κ2) is 8.84. The van der Waals surface area contributed by atoms with Crippen LogP contribution in [0.5, 0.6) is 0 Å². The highest BCUT2D eigenvalue weighted by molar-refractivity contribution is 7.81. The van der Waals surface area contributed by atoms with Crippen LogP contribution in [0.2, 0.25) is 0 Å². The van der Waals surface area contributed by atoms with Crippen LogP contribution in [0, 0.1) is 30.9 Å². The van der Waals surface area contributed by atoms with E-state index in [-0.39, 0.29) is 11.4 Å². The first-order valence-electron chi connectivity index (χ1n) is 9.32. The summed E-state index contributed by atoms with van der Waals surface area (Å²) in [5.41, 5.74) is 4.68. The first-order chi connectivity index (χ1) is 14.3. The SMILES string of the molecule is Cc1ccc[n+](C(C(=S)Nc2c(C)cccc2C)=C(O)c2ccc([N+](=O)[O-])cc2)c1. The summed E-state index contributed by atoms with van der Waals surface area (Å²) in [4.78, 5) is 10.8. The largest absolute Gasteiger partial charge is 0.502 e. The summed E-state index contributed by atoms with van der Waals surface area (Å²) in [5, 5.41) is 25.3. The van der Waals surface area contributed by atoms with E-state index in [1.807, 2.05) is 57.3 Å². The molecule has 0 aliphatic heterocycles. The highest BCUT2D eigenvalue weighted by atomic mass is 32.1. The molecule has 30 heavy (non-hydrogen) atoms. The number of pyridine rings is 1. The molecule has 0 bridgehead atoms. The molecule has 6 nitrogen and oxygen atoms in total. The van der Waals surface area contributed by atoms with Crippen LogP contribution >= 0.6 is 12.2 Å². The van der Waals surface area contributed by atoms with E-state index in [4.69, 9.17) is 12.2 Å². The molecule has 0 aliphatic rings. The van der Waals surface area contributed by atoms with Gasteiger partial charge in [0, 0.05) is 35.0 Å². The van der Waals surface area contributed by atoms with E-state index in [9.17, 15) is 15.2 Å². The predicted octanol–water partition coefficient (Wildman–Crippen LogP) is 5.13. The average molecular weight is 421 g/mol. The fourth-order valence-electron chi connectivity index (χ4n) is 3.14. The maximum atomic E-state index is 11.1. The summed E-state index contributed by atoms with van der Waals surface area (Å²) in [5.74, 6) is -0.0794. The number of aliphatic hydroxyl groups excluding tert-OH is 1. The number of para-hydroxylation sites is 1. The van der Waals surface area contributed by atoms with Crippen LogP contribution in [-0.4, -0.2) is 15.0 Å². The molecule has 0 fully saturated rings. The number of aryl methyl sites for hydroxylation is 3. The zero-order chi connectivity index (χ0) is 21.8. The van der Waals surface area contributed by atoms with Crippen LogP contribution in [0.1, 0.15) is 22.3 Å². The molecular formula is C23H22N3O3S+. The number of hydrogen-bond donors (Lipinski definition) is 2. The van der Waals surface area contributed by atoms with Gasteiger partial charge in [0.2, 0.25) is 0 Å². The topological polar surface area (TPSA) is 79.3 Å². The van der Waals surface area contributed by atoms with Gasteiger partial charge in [-0.15, -0.1) is 0 Å². The van der Waals surface area contributed by atoms with Gasteiger partial charge in [-0.25, -0.2) is 0 Å². The minimum atomic E-state index is -0.478. The summed E-state index contributed by atoms with van der Waals surface area (Å²) in [6, 6.07) is 15.5. The number of nitrogens with one attached hydrogen (secondary N) is 1. The Balaban J connectivity index is 2.11. The lowest BCUT2D eigenvalue weighted by Gasteiger charge is -2.14. The van der Waals surface area contributed by atoms with Gasteiger partial charge in [0.05, 0.1) is 4.92 Å². The Labute approximate surface area is 180 Å². The molecule has 0 unspecified atom stereocenters. The summed E-state index contributed by atoms with van der Waals surface area (Å²) < 4.78 is 1.75.